The first-order chi connectivity index (χ1) is 13.1. The zero-order valence-electron chi connectivity index (χ0n) is 15.6. The van der Waals surface area contributed by atoms with Crippen molar-refractivity contribution in [3.05, 3.63) is 76.4 Å². The number of carbonyl (C=O) groups excluding carboxylic acids is 1. The van der Waals surface area contributed by atoms with Crippen molar-refractivity contribution in [2.45, 2.75) is 39.5 Å². The maximum Gasteiger partial charge on any atom is 0.276 e. The van der Waals surface area contributed by atoms with Crippen LogP contribution in [0.4, 0.5) is 10.1 Å². The van der Waals surface area contributed by atoms with Crippen LogP contribution in [0, 0.1) is 12.7 Å². The second kappa shape index (κ2) is 6.99. The van der Waals surface area contributed by atoms with Crippen molar-refractivity contribution >= 4 is 11.6 Å². The Labute approximate surface area is 158 Å². The summed E-state index contributed by atoms with van der Waals surface area (Å²) in [4.78, 5) is 13.0. The second-order valence-electron chi connectivity index (χ2n) is 6.93. The van der Waals surface area contributed by atoms with Crippen LogP contribution in [-0.4, -0.2) is 15.7 Å². The average molecular weight is 363 g/mol. The molecule has 5 heteroatoms. The lowest BCUT2D eigenvalue weighted by Crippen LogP contribution is -2.17. The van der Waals surface area contributed by atoms with Crippen LogP contribution in [0.15, 0.2) is 42.5 Å². The zero-order chi connectivity index (χ0) is 19.0. The van der Waals surface area contributed by atoms with E-state index in [-0.39, 0.29) is 11.7 Å². The minimum atomic E-state index is -0.285. The van der Waals surface area contributed by atoms with Crippen LogP contribution in [-0.2, 0) is 19.3 Å². The van der Waals surface area contributed by atoms with Gasteiger partial charge in [-0.1, -0.05) is 25.1 Å². The van der Waals surface area contributed by atoms with Crippen LogP contribution in [0.25, 0.3) is 5.69 Å². The third kappa shape index (κ3) is 3.14. The normalized spacial score (nSPS) is 12.9. The van der Waals surface area contributed by atoms with Gasteiger partial charge in [0.2, 0.25) is 0 Å². The maximum atomic E-state index is 13.3. The molecule has 4 nitrogen and oxygen atoms in total. The number of hydrogen-bond acceptors (Lipinski definition) is 2. The number of hydrogen-bond donors (Lipinski definition) is 1. The van der Waals surface area contributed by atoms with Crippen molar-refractivity contribution in [3.8, 4) is 5.69 Å². The molecule has 0 aliphatic heterocycles. The van der Waals surface area contributed by atoms with Gasteiger partial charge in [-0.25, -0.2) is 9.07 Å². The highest BCUT2D eigenvalue weighted by molar-refractivity contribution is 6.05. The Balaban J connectivity index is 1.72. The summed E-state index contributed by atoms with van der Waals surface area (Å²) in [5.74, 6) is -0.467. The predicted octanol–water partition coefficient (Wildman–Crippen LogP) is 4.62. The van der Waals surface area contributed by atoms with Crippen LogP contribution in [0.2, 0.25) is 0 Å². The van der Waals surface area contributed by atoms with E-state index >= 15 is 0 Å². The largest absolute Gasteiger partial charge is 0.320 e. The number of anilines is 1. The van der Waals surface area contributed by atoms with Crippen LogP contribution in [0.3, 0.4) is 0 Å². The number of nitrogens with one attached hydrogen (secondary N) is 1. The fraction of sp³-hybridized carbons (Fsp3) is 0.273. The van der Waals surface area contributed by atoms with E-state index in [4.69, 9.17) is 0 Å². The van der Waals surface area contributed by atoms with E-state index in [1.807, 2.05) is 25.1 Å². The van der Waals surface area contributed by atoms with Gasteiger partial charge in [0.15, 0.2) is 5.69 Å². The quantitative estimate of drug-likeness (QED) is 0.735. The summed E-state index contributed by atoms with van der Waals surface area (Å²) in [7, 11) is 0. The molecule has 0 spiro atoms. The van der Waals surface area contributed by atoms with E-state index in [2.05, 4.69) is 17.3 Å². The molecule has 4 rings (SSSR count). The van der Waals surface area contributed by atoms with Crippen LogP contribution in [0.1, 0.15) is 46.2 Å². The highest BCUT2D eigenvalue weighted by atomic mass is 19.1. The molecule has 0 saturated heterocycles. The van der Waals surface area contributed by atoms with Gasteiger partial charge in [-0.15, -0.1) is 0 Å². The Hall–Kier alpha value is -2.95. The first-order valence-electron chi connectivity index (χ1n) is 9.35. The monoisotopic (exact) mass is 363 g/mol. The van der Waals surface area contributed by atoms with E-state index in [0.717, 1.165) is 59.4 Å². The van der Waals surface area contributed by atoms with E-state index in [0.29, 0.717) is 5.69 Å². The average Bonchev–Trinajstić information content (AvgIpc) is 3.26. The molecule has 0 atom stereocenters. The molecule has 2 aromatic carbocycles. The smallest absolute Gasteiger partial charge is 0.276 e. The minimum absolute atomic E-state index is 0.182. The molecule has 1 aliphatic carbocycles. The fourth-order valence-electron chi connectivity index (χ4n) is 3.79. The molecule has 1 aromatic heterocycles. The number of amides is 1. The molecule has 138 valence electrons. The highest BCUT2D eigenvalue weighted by Crippen LogP contribution is 2.29. The van der Waals surface area contributed by atoms with Gasteiger partial charge in [0.25, 0.3) is 5.91 Å². The third-order valence-electron chi connectivity index (χ3n) is 5.20. The van der Waals surface area contributed by atoms with Crippen molar-refractivity contribution in [3.63, 3.8) is 0 Å². The third-order valence-corrected chi connectivity index (χ3v) is 5.20. The number of benzene rings is 2. The van der Waals surface area contributed by atoms with Gasteiger partial charge >= 0.3 is 0 Å². The van der Waals surface area contributed by atoms with Crippen molar-refractivity contribution in [2.24, 2.45) is 0 Å². The lowest BCUT2D eigenvalue weighted by Gasteiger charge is -2.12. The second-order valence-corrected chi connectivity index (χ2v) is 6.93. The number of fused-ring (bicyclic) bond motifs is 1. The molecular formula is C22H22FN3O. The van der Waals surface area contributed by atoms with E-state index in [1.165, 1.54) is 12.1 Å². The maximum absolute atomic E-state index is 13.3. The van der Waals surface area contributed by atoms with Crippen LogP contribution >= 0.6 is 0 Å². The summed E-state index contributed by atoms with van der Waals surface area (Å²) < 4.78 is 15.1. The summed E-state index contributed by atoms with van der Waals surface area (Å²) in [6.45, 7) is 4.07. The summed E-state index contributed by atoms with van der Waals surface area (Å²) in [6.07, 6.45) is 3.56. The summed E-state index contributed by atoms with van der Waals surface area (Å²) >= 11 is 0. The van der Waals surface area contributed by atoms with E-state index < -0.39 is 0 Å². The van der Waals surface area contributed by atoms with Crippen molar-refractivity contribution in [1.29, 1.82) is 0 Å². The molecule has 0 bridgehead atoms. The summed E-state index contributed by atoms with van der Waals surface area (Å²) in [5.41, 5.74) is 6.31. The molecule has 3 aromatic rings. The minimum Gasteiger partial charge on any atom is -0.320 e. The molecule has 27 heavy (non-hydrogen) atoms. The van der Waals surface area contributed by atoms with Crippen molar-refractivity contribution in [2.75, 3.05) is 5.32 Å². The van der Waals surface area contributed by atoms with Gasteiger partial charge in [0, 0.05) is 16.9 Å². The fourth-order valence-corrected chi connectivity index (χ4v) is 3.79. The molecular weight excluding hydrogens is 341 g/mol. The van der Waals surface area contributed by atoms with E-state index in [9.17, 15) is 9.18 Å². The Kier molecular flexibility index (Phi) is 4.52. The zero-order valence-corrected chi connectivity index (χ0v) is 15.6. The predicted molar refractivity (Wildman–Crippen MR) is 104 cm³/mol. The lowest BCUT2D eigenvalue weighted by molar-refractivity contribution is 0.102. The Morgan fingerprint density at radius 1 is 1.19 bits per heavy atom. The number of rotatable bonds is 4. The van der Waals surface area contributed by atoms with Gasteiger partial charge in [0.05, 0.1) is 5.69 Å². The standard InChI is InChI=1S/C22H22FN3O/c1-3-15-7-4-6-14(2)20(15)24-22(27)21-18-8-5-9-19(18)26(25-21)17-12-10-16(23)11-13-17/h4,6-7,10-13H,3,5,8-9H2,1-2H3,(H,24,27). The number of carbonyl (C=O) groups is 1. The first kappa shape index (κ1) is 17.5. The Bertz CT molecular complexity index is 1010. The molecule has 0 saturated carbocycles. The van der Waals surface area contributed by atoms with Gasteiger partial charge < -0.3 is 5.32 Å². The molecule has 1 heterocycles. The number of nitrogens with zero attached hydrogens (tertiary/aromatic N) is 2. The topological polar surface area (TPSA) is 46.9 Å². The summed E-state index contributed by atoms with van der Waals surface area (Å²) in [6, 6.07) is 12.3. The van der Waals surface area contributed by atoms with E-state index in [1.54, 1.807) is 16.8 Å². The molecule has 1 N–H and O–H groups in total. The number of aryl methyl sites for hydroxylation is 2. The SMILES string of the molecule is CCc1cccc(C)c1NC(=O)c1nn(-c2ccc(F)cc2)c2c1CCC2. The van der Waals surface area contributed by atoms with Crippen LogP contribution < -0.4 is 5.32 Å². The van der Waals surface area contributed by atoms with Gasteiger partial charge in [-0.05, 0) is 68.0 Å². The van der Waals surface area contributed by atoms with Crippen LogP contribution in [0.5, 0.6) is 0 Å². The number of para-hydroxylation sites is 1. The van der Waals surface area contributed by atoms with Gasteiger partial charge in [-0.2, -0.15) is 5.10 Å². The molecule has 0 fully saturated rings. The van der Waals surface area contributed by atoms with Crippen molar-refractivity contribution in [1.82, 2.24) is 9.78 Å². The molecule has 1 amide bonds. The van der Waals surface area contributed by atoms with Crippen molar-refractivity contribution < 1.29 is 9.18 Å². The molecule has 1 aliphatic rings. The first-order valence-corrected chi connectivity index (χ1v) is 9.35. The number of halogens is 1. The highest BCUT2D eigenvalue weighted by Gasteiger charge is 2.27. The number of aromatic nitrogens is 2. The lowest BCUT2D eigenvalue weighted by atomic mass is 10.1. The molecule has 0 unspecified atom stereocenters. The van der Waals surface area contributed by atoms with Gasteiger partial charge in [-0.3, -0.25) is 4.79 Å². The summed E-state index contributed by atoms with van der Waals surface area (Å²) in [5, 5.41) is 7.67. The molecule has 0 radical (unpaired) electrons. The Morgan fingerprint density at radius 2 is 1.96 bits per heavy atom. The van der Waals surface area contributed by atoms with Gasteiger partial charge in [0.1, 0.15) is 5.82 Å². The Morgan fingerprint density at radius 3 is 2.70 bits per heavy atom.